The highest BCUT2D eigenvalue weighted by Gasteiger charge is 2.22. The second-order valence-electron chi connectivity index (χ2n) is 3.77. The van der Waals surface area contributed by atoms with E-state index in [-0.39, 0.29) is 0 Å². The van der Waals surface area contributed by atoms with E-state index in [1.165, 1.54) is 21.8 Å². The van der Waals surface area contributed by atoms with Crippen molar-refractivity contribution in [3.8, 4) is 0 Å². The topological polar surface area (TPSA) is 50.3 Å². The molecule has 1 rings (SSSR count). The molecule has 0 aromatic carbocycles. The number of thiazole rings is 1. The first-order valence-corrected chi connectivity index (χ1v) is 8.22. The largest absolute Gasteiger partial charge is 0.253 e. The Hall–Kier alpha value is -0.170. The molecule has 0 radical (unpaired) electrons. The van der Waals surface area contributed by atoms with Crippen molar-refractivity contribution in [1.82, 2.24) is 9.29 Å². The zero-order chi connectivity index (χ0) is 12.9. The van der Waals surface area contributed by atoms with Crippen LogP contribution in [-0.2, 0) is 10.0 Å². The third-order valence-corrected chi connectivity index (χ3v) is 5.84. The zero-order valence-corrected chi connectivity index (χ0v) is 12.4. The van der Waals surface area contributed by atoms with Crippen LogP contribution in [-0.4, -0.2) is 37.2 Å². The van der Waals surface area contributed by atoms with Crippen molar-refractivity contribution in [2.75, 3.05) is 19.5 Å². The lowest BCUT2D eigenvalue weighted by Crippen LogP contribution is -2.27. The zero-order valence-electron chi connectivity index (χ0n) is 10.0. The van der Waals surface area contributed by atoms with Crippen LogP contribution < -0.4 is 0 Å². The summed E-state index contributed by atoms with van der Waals surface area (Å²) in [6.45, 7) is 2.32. The molecule has 0 N–H and O–H groups in total. The smallest absolute Gasteiger partial charge is 0.249 e. The van der Waals surface area contributed by atoms with Crippen molar-refractivity contribution in [2.45, 2.75) is 30.4 Å². The molecule has 0 saturated heterocycles. The van der Waals surface area contributed by atoms with Crippen molar-refractivity contribution in [3.63, 3.8) is 0 Å². The average Bonchev–Trinajstić information content (AvgIpc) is 2.71. The lowest BCUT2D eigenvalue weighted by Gasteiger charge is -2.15. The van der Waals surface area contributed by atoms with Crippen molar-refractivity contribution >= 4 is 33.0 Å². The van der Waals surface area contributed by atoms with E-state index in [2.05, 4.69) is 4.98 Å². The lowest BCUT2D eigenvalue weighted by molar-refractivity contribution is 0.456. The van der Waals surface area contributed by atoms with E-state index in [1.807, 2.05) is 0 Å². The number of hydrogen-bond acceptors (Lipinski definition) is 4. The molecule has 0 aliphatic rings. The number of rotatable bonds is 7. The Labute approximate surface area is 112 Å². The fourth-order valence-electron chi connectivity index (χ4n) is 1.34. The normalized spacial score (nSPS) is 12.2. The fourth-order valence-corrected chi connectivity index (χ4v) is 4.06. The van der Waals surface area contributed by atoms with Crippen LogP contribution in [0.15, 0.2) is 10.4 Å². The predicted molar refractivity (Wildman–Crippen MR) is 71.2 cm³/mol. The van der Waals surface area contributed by atoms with Crippen LogP contribution in [0.25, 0.3) is 0 Å². The monoisotopic (exact) mass is 296 g/mol. The van der Waals surface area contributed by atoms with Gasteiger partial charge in [0.1, 0.15) is 0 Å². The van der Waals surface area contributed by atoms with Gasteiger partial charge in [-0.05, 0) is 19.8 Å². The summed E-state index contributed by atoms with van der Waals surface area (Å²) < 4.78 is 25.9. The number of nitrogens with zero attached hydrogens (tertiary/aromatic N) is 2. The first kappa shape index (κ1) is 14.9. The molecular weight excluding hydrogens is 280 g/mol. The van der Waals surface area contributed by atoms with Gasteiger partial charge in [0.05, 0.1) is 11.2 Å². The molecular formula is C10H17ClN2O2S2. The summed E-state index contributed by atoms with van der Waals surface area (Å²) in [4.78, 5) is 3.97. The molecule has 0 unspecified atom stereocenters. The maximum Gasteiger partial charge on any atom is 0.253 e. The van der Waals surface area contributed by atoms with E-state index in [9.17, 15) is 8.42 Å². The Bertz CT molecular complexity index is 445. The first-order chi connectivity index (χ1) is 7.98. The summed E-state index contributed by atoms with van der Waals surface area (Å²) in [5, 5.41) is 0.763. The molecule has 1 heterocycles. The SMILES string of the molecule is Cc1ncc(S(=O)(=O)N(C)CCCCCCl)s1. The third kappa shape index (κ3) is 4.21. The maximum atomic E-state index is 12.1. The van der Waals surface area contributed by atoms with Crippen LogP contribution in [0.2, 0.25) is 0 Å². The van der Waals surface area contributed by atoms with Gasteiger partial charge in [0.15, 0.2) is 4.21 Å². The second kappa shape index (κ2) is 6.68. The quantitative estimate of drug-likeness (QED) is 0.574. The molecule has 4 nitrogen and oxygen atoms in total. The van der Waals surface area contributed by atoms with Crippen molar-refractivity contribution in [2.24, 2.45) is 0 Å². The molecule has 0 amide bonds. The highest BCUT2D eigenvalue weighted by Crippen LogP contribution is 2.21. The molecule has 98 valence electrons. The lowest BCUT2D eigenvalue weighted by atomic mass is 10.2. The number of hydrogen-bond donors (Lipinski definition) is 0. The van der Waals surface area contributed by atoms with Gasteiger partial charge in [0, 0.05) is 19.5 Å². The van der Waals surface area contributed by atoms with Crippen molar-refractivity contribution in [3.05, 3.63) is 11.2 Å². The first-order valence-electron chi connectivity index (χ1n) is 5.43. The number of aromatic nitrogens is 1. The van der Waals surface area contributed by atoms with Gasteiger partial charge in [-0.3, -0.25) is 0 Å². The van der Waals surface area contributed by atoms with E-state index in [1.54, 1.807) is 14.0 Å². The van der Waals surface area contributed by atoms with Crippen LogP contribution in [0.3, 0.4) is 0 Å². The summed E-state index contributed by atoms with van der Waals surface area (Å²) in [6, 6.07) is 0. The molecule has 0 bridgehead atoms. The summed E-state index contributed by atoms with van der Waals surface area (Å²) in [7, 11) is -1.75. The third-order valence-electron chi connectivity index (χ3n) is 2.37. The fraction of sp³-hybridized carbons (Fsp3) is 0.700. The van der Waals surface area contributed by atoms with E-state index >= 15 is 0 Å². The number of unbranched alkanes of at least 4 members (excludes halogenated alkanes) is 2. The minimum atomic E-state index is -3.35. The number of halogens is 1. The van der Waals surface area contributed by atoms with Crippen molar-refractivity contribution in [1.29, 1.82) is 0 Å². The van der Waals surface area contributed by atoms with Gasteiger partial charge in [-0.15, -0.1) is 22.9 Å². The van der Waals surface area contributed by atoms with Gasteiger partial charge in [-0.25, -0.2) is 17.7 Å². The van der Waals surface area contributed by atoms with Gasteiger partial charge in [0.2, 0.25) is 0 Å². The molecule has 0 saturated carbocycles. The highest BCUT2D eigenvalue weighted by atomic mass is 35.5. The number of alkyl halides is 1. The van der Waals surface area contributed by atoms with E-state index in [0.29, 0.717) is 16.6 Å². The van der Waals surface area contributed by atoms with Crippen LogP contribution >= 0.6 is 22.9 Å². The maximum absolute atomic E-state index is 12.1. The van der Waals surface area contributed by atoms with Crippen LogP contribution in [0, 0.1) is 6.92 Å². The van der Waals surface area contributed by atoms with Gasteiger partial charge in [-0.2, -0.15) is 0 Å². The summed E-state index contributed by atoms with van der Waals surface area (Å²) in [5.41, 5.74) is 0. The van der Waals surface area contributed by atoms with E-state index in [4.69, 9.17) is 11.6 Å². The van der Waals surface area contributed by atoms with Gasteiger partial charge < -0.3 is 0 Å². The van der Waals surface area contributed by atoms with Crippen LogP contribution in [0.1, 0.15) is 24.3 Å². The minimum Gasteiger partial charge on any atom is -0.249 e. The van der Waals surface area contributed by atoms with Gasteiger partial charge in [-0.1, -0.05) is 6.42 Å². The predicted octanol–water partition coefficient (Wildman–Crippen LogP) is 2.48. The highest BCUT2D eigenvalue weighted by molar-refractivity contribution is 7.91. The molecule has 1 aromatic rings. The molecule has 0 spiro atoms. The Morgan fingerprint density at radius 3 is 2.65 bits per heavy atom. The summed E-state index contributed by atoms with van der Waals surface area (Å²) in [5.74, 6) is 0.629. The average molecular weight is 297 g/mol. The summed E-state index contributed by atoms with van der Waals surface area (Å²) >= 11 is 6.77. The van der Waals surface area contributed by atoms with Crippen molar-refractivity contribution < 1.29 is 8.42 Å². The van der Waals surface area contributed by atoms with Gasteiger partial charge in [0.25, 0.3) is 10.0 Å². The number of sulfonamides is 1. The van der Waals surface area contributed by atoms with E-state index < -0.39 is 10.0 Å². The standard InChI is InChI=1S/C10H17ClN2O2S2/c1-9-12-8-10(16-9)17(14,15)13(2)7-5-3-4-6-11/h8H,3-7H2,1-2H3. The Kier molecular flexibility index (Phi) is 5.85. The Morgan fingerprint density at radius 2 is 2.12 bits per heavy atom. The van der Waals surface area contributed by atoms with Crippen LogP contribution in [0.4, 0.5) is 0 Å². The Morgan fingerprint density at radius 1 is 1.41 bits per heavy atom. The van der Waals surface area contributed by atoms with E-state index in [0.717, 1.165) is 24.3 Å². The molecule has 0 aliphatic heterocycles. The Balaban J connectivity index is 2.58. The molecule has 0 aliphatic carbocycles. The second-order valence-corrected chi connectivity index (χ2v) is 7.66. The molecule has 7 heteroatoms. The minimum absolute atomic E-state index is 0.315. The summed E-state index contributed by atoms with van der Waals surface area (Å²) in [6.07, 6.45) is 4.13. The molecule has 17 heavy (non-hydrogen) atoms. The number of aryl methyl sites for hydroxylation is 1. The molecule has 0 fully saturated rings. The van der Waals surface area contributed by atoms with Crippen LogP contribution in [0.5, 0.6) is 0 Å². The van der Waals surface area contributed by atoms with Gasteiger partial charge >= 0.3 is 0 Å². The molecule has 0 atom stereocenters. The molecule has 1 aromatic heterocycles.